The summed E-state index contributed by atoms with van der Waals surface area (Å²) >= 11 is 7.69. The summed E-state index contributed by atoms with van der Waals surface area (Å²) in [7, 11) is 0. The first kappa shape index (κ1) is 13.5. The summed E-state index contributed by atoms with van der Waals surface area (Å²) in [5.74, 6) is 0.971. The molecule has 0 aliphatic carbocycles. The number of thioether (sulfide) groups is 1. The molecule has 0 fully saturated rings. The topological polar surface area (TPSA) is 25.2 Å². The van der Waals surface area contributed by atoms with Crippen LogP contribution in [0.1, 0.15) is 12.7 Å². The number of furan rings is 1. The summed E-state index contributed by atoms with van der Waals surface area (Å²) in [6.45, 7) is 3.92. The Hall–Kier alpha value is -0.900. The summed E-state index contributed by atoms with van der Waals surface area (Å²) in [5, 5.41) is 4.66. The highest BCUT2D eigenvalue weighted by molar-refractivity contribution is 8.00. The zero-order valence-corrected chi connectivity index (χ0v) is 11.8. The third-order valence-electron chi connectivity index (χ3n) is 2.46. The van der Waals surface area contributed by atoms with Gasteiger partial charge in [0.2, 0.25) is 0 Å². The van der Waals surface area contributed by atoms with E-state index in [0.29, 0.717) is 5.25 Å². The van der Waals surface area contributed by atoms with Crippen LogP contribution in [0.4, 0.5) is 0 Å². The van der Waals surface area contributed by atoms with Crippen LogP contribution >= 0.6 is 23.4 Å². The van der Waals surface area contributed by atoms with Crippen molar-refractivity contribution in [2.45, 2.75) is 23.6 Å². The van der Waals surface area contributed by atoms with E-state index in [1.807, 2.05) is 36.0 Å². The monoisotopic (exact) mass is 281 g/mol. The van der Waals surface area contributed by atoms with Gasteiger partial charge in [-0.2, -0.15) is 0 Å². The van der Waals surface area contributed by atoms with Gasteiger partial charge in [0.05, 0.1) is 12.8 Å². The number of halogens is 1. The van der Waals surface area contributed by atoms with E-state index < -0.39 is 0 Å². The molecule has 0 aliphatic heterocycles. The maximum absolute atomic E-state index is 5.86. The first-order chi connectivity index (χ1) is 8.74. The van der Waals surface area contributed by atoms with Crippen LogP contribution in [0.25, 0.3) is 0 Å². The predicted molar refractivity (Wildman–Crippen MR) is 77.2 cm³/mol. The molecule has 96 valence electrons. The molecular formula is C14H16ClNOS. The van der Waals surface area contributed by atoms with Crippen LogP contribution in [0.2, 0.25) is 5.02 Å². The molecule has 1 atom stereocenters. The van der Waals surface area contributed by atoms with Crippen LogP contribution in [-0.4, -0.2) is 11.8 Å². The molecule has 0 spiro atoms. The van der Waals surface area contributed by atoms with Crippen molar-refractivity contribution < 1.29 is 4.42 Å². The van der Waals surface area contributed by atoms with Gasteiger partial charge in [0, 0.05) is 21.7 Å². The minimum atomic E-state index is 0.501. The van der Waals surface area contributed by atoms with Crippen molar-refractivity contribution in [3.05, 3.63) is 53.4 Å². The van der Waals surface area contributed by atoms with Gasteiger partial charge in [-0.05, 0) is 36.4 Å². The lowest BCUT2D eigenvalue weighted by Gasteiger charge is -2.11. The van der Waals surface area contributed by atoms with Crippen molar-refractivity contribution in [1.29, 1.82) is 0 Å². The van der Waals surface area contributed by atoms with Gasteiger partial charge in [-0.3, -0.25) is 0 Å². The molecule has 0 saturated heterocycles. The minimum absolute atomic E-state index is 0.501. The van der Waals surface area contributed by atoms with Gasteiger partial charge in [-0.25, -0.2) is 0 Å². The lowest BCUT2D eigenvalue weighted by Crippen LogP contribution is -2.21. The fourth-order valence-electron chi connectivity index (χ4n) is 1.60. The Morgan fingerprint density at radius 3 is 2.72 bits per heavy atom. The van der Waals surface area contributed by atoms with Crippen molar-refractivity contribution in [3.8, 4) is 0 Å². The fraction of sp³-hybridized carbons (Fsp3) is 0.286. The van der Waals surface area contributed by atoms with Crippen LogP contribution in [0.3, 0.4) is 0 Å². The molecule has 0 amide bonds. The smallest absolute Gasteiger partial charge is 0.117 e. The SMILES string of the molecule is CC(CNCc1ccco1)Sc1ccc(Cl)cc1. The van der Waals surface area contributed by atoms with Gasteiger partial charge in [-0.1, -0.05) is 18.5 Å². The van der Waals surface area contributed by atoms with Crippen molar-refractivity contribution in [2.24, 2.45) is 0 Å². The largest absolute Gasteiger partial charge is 0.468 e. The maximum atomic E-state index is 5.86. The number of hydrogen-bond acceptors (Lipinski definition) is 3. The number of hydrogen-bond donors (Lipinski definition) is 1. The van der Waals surface area contributed by atoms with E-state index in [9.17, 15) is 0 Å². The standard InChI is InChI=1S/C14H16ClNOS/c1-11(9-16-10-13-3-2-8-17-13)18-14-6-4-12(15)5-7-14/h2-8,11,16H,9-10H2,1H3. The molecule has 1 heterocycles. The normalized spacial score (nSPS) is 12.6. The highest BCUT2D eigenvalue weighted by atomic mass is 35.5. The Balaban J connectivity index is 1.71. The molecule has 1 aromatic heterocycles. The number of rotatable bonds is 6. The zero-order chi connectivity index (χ0) is 12.8. The molecule has 1 N–H and O–H groups in total. The lowest BCUT2D eigenvalue weighted by molar-refractivity contribution is 0.484. The summed E-state index contributed by atoms with van der Waals surface area (Å²) in [6, 6.07) is 11.8. The average Bonchev–Trinajstić information content (AvgIpc) is 2.85. The maximum Gasteiger partial charge on any atom is 0.117 e. The van der Waals surface area contributed by atoms with E-state index in [2.05, 4.69) is 24.4 Å². The molecule has 2 nitrogen and oxygen atoms in total. The summed E-state index contributed by atoms with van der Waals surface area (Å²) in [4.78, 5) is 1.24. The van der Waals surface area contributed by atoms with Gasteiger partial charge in [0.25, 0.3) is 0 Å². The average molecular weight is 282 g/mol. The van der Waals surface area contributed by atoms with E-state index in [1.54, 1.807) is 6.26 Å². The molecule has 1 unspecified atom stereocenters. The number of nitrogens with one attached hydrogen (secondary N) is 1. The second-order valence-corrected chi connectivity index (χ2v) is 6.04. The quantitative estimate of drug-likeness (QED) is 0.803. The molecule has 0 bridgehead atoms. The van der Waals surface area contributed by atoms with Crippen molar-refractivity contribution in [2.75, 3.05) is 6.54 Å². The van der Waals surface area contributed by atoms with Gasteiger partial charge in [-0.15, -0.1) is 11.8 Å². The molecule has 0 radical (unpaired) electrons. The van der Waals surface area contributed by atoms with E-state index >= 15 is 0 Å². The first-order valence-corrected chi connectivity index (χ1v) is 7.15. The van der Waals surface area contributed by atoms with E-state index in [-0.39, 0.29) is 0 Å². The van der Waals surface area contributed by atoms with Crippen LogP contribution < -0.4 is 5.32 Å². The molecule has 2 rings (SSSR count). The molecule has 18 heavy (non-hydrogen) atoms. The van der Waals surface area contributed by atoms with Crippen LogP contribution in [-0.2, 0) is 6.54 Å². The Labute approximate surface area is 117 Å². The van der Waals surface area contributed by atoms with Gasteiger partial charge >= 0.3 is 0 Å². The van der Waals surface area contributed by atoms with Gasteiger partial charge < -0.3 is 9.73 Å². The Kier molecular flexibility index (Phi) is 5.17. The summed E-state index contributed by atoms with van der Waals surface area (Å²) in [5.41, 5.74) is 0. The molecule has 2 aromatic rings. The predicted octanol–water partition coefficient (Wildman–Crippen LogP) is 4.20. The van der Waals surface area contributed by atoms with Crippen molar-refractivity contribution >= 4 is 23.4 Å². The second-order valence-electron chi connectivity index (χ2n) is 4.09. The summed E-state index contributed by atoms with van der Waals surface area (Å²) in [6.07, 6.45) is 1.70. The van der Waals surface area contributed by atoms with E-state index in [0.717, 1.165) is 23.9 Å². The summed E-state index contributed by atoms with van der Waals surface area (Å²) < 4.78 is 5.26. The number of benzene rings is 1. The Bertz CT molecular complexity index is 455. The van der Waals surface area contributed by atoms with Crippen LogP contribution in [0.15, 0.2) is 52.0 Å². The van der Waals surface area contributed by atoms with Crippen molar-refractivity contribution in [3.63, 3.8) is 0 Å². The molecule has 0 aliphatic rings. The highest BCUT2D eigenvalue weighted by Crippen LogP contribution is 2.24. The van der Waals surface area contributed by atoms with Crippen LogP contribution in [0.5, 0.6) is 0 Å². The highest BCUT2D eigenvalue weighted by Gasteiger charge is 2.04. The molecular weight excluding hydrogens is 266 g/mol. The van der Waals surface area contributed by atoms with E-state index in [4.69, 9.17) is 16.0 Å². The fourth-order valence-corrected chi connectivity index (χ4v) is 2.68. The van der Waals surface area contributed by atoms with E-state index in [1.165, 1.54) is 4.90 Å². The lowest BCUT2D eigenvalue weighted by atomic mass is 10.4. The van der Waals surface area contributed by atoms with Crippen molar-refractivity contribution in [1.82, 2.24) is 5.32 Å². The van der Waals surface area contributed by atoms with Gasteiger partial charge in [0.1, 0.15) is 5.76 Å². The Morgan fingerprint density at radius 1 is 1.28 bits per heavy atom. The Morgan fingerprint density at radius 2 is 2.06 bits per heavy atom. The first-order valence-electron chi connectivity index (χ1n) is 5.89. The third-order valence-corrected chi connectivity index (χ3v) is 3.83. The van der Waals surface area contributed by atoms with Crippen LogP contribution in [0, 0.1) is 0 Å². The minimum Gasteiger partial charge on any atom is -0.468 e. The third kappa shape index (κ3) is 4.41. The second kappa shape index (κ2) is 6.88. The molecule has 1 aromatic carbocycles. The van der Waals surface area contributed by atoms with Gasteiger partial charge in [0.15, 0.2) is 0 Å². The molecule has 0 saturated carbocycles. The molecule has 4 heteroatoms. The zero-order valence-electron chi connectivity index (χ0n) is 10.2.